The highest BCUT2D eigenvalue weighted by atomic mass is 32.2. The first-order chi connectivity index (χ1) is 10.8. The van der Waals surface area contributed by atoms with Crippen molar-refractivity contribution in [3.63, 3.8) is 0 Å². The summed E-state index contributed by atoms with van der Waals surface area (Å²) in [6.07, 6.45) is 1.48. The maximum atomic E-state index is 13.8. The van der Waals surface area contributed by atoms with Crippen LogP contribution >= 0.6 is 11.3 Å². The highest BCUT2D eigenvalue weighted by molar-refractivity contribution is 7.89. The van der Waals surface area contributed by atoms with Crippen molar-refractivity contribution < 1.29 is 17.6 Å². The zero-order chi connectivity index (χ0) is 16.6. The first kappa shape index (κ1) is 16.4. The monoisotopic (exact) mass is 356 g/mol. The molecule has 5 nitrogen and oxygen atoms in total. The Morgan fingerprint density at radius 2 is 2.22 bits per heavy atom. The maximum Gasteiger partial charge on any atom is 0.263 e. The van der Waals surface area contributed by atoms with Gasteiger partial charge in [0, 0.05) is 23.2 Å². The fraction of sp³-hybridized carbons (Fsp3) is 0.400. The van der Waals surface area contributed by atoms with Crippen molar-refractivity contribution in [3.8, 4) is 0 Å². The molecule has 124 valence electrons. The number of sulfonamides is 1. The third kappa shape index (κ3) is 3.70. The smallest absolute Gasteiger partial charge is 0.263 e. The maximum absolute atomic E-state index is 13.8. The highest BCUT2D eigenvalue weighted by Crippen LogP contribution is 2.29. The van der Waals surface area contributed by atoms with Gasteiger partial charge in [0.15, 0.2) is 0 Å². The second-order valence-electron chi connectivity index (χ2n) is 5.85. The normalized spacial score (nSPS) is 19.2. The van der Waals surface area contributed by atoms with Crippen LogP contribution in [-0.2, 0) is 10.0 Å². The fourth-order valence-corrected chi connectivity index (χ4v) is 4.97. The van der Waals surface area contributed by atoms with E-state index in [4.69, 9.17) is 5.14 Å². The molecule has 1 aliphatic heterocycles. The van der Waals surface area contributed by atoms with Gasteiger partial charge in [0.2, 0.25) is 10.0 Å². The zero-order valence-corrected chi connectivity index (χ0v) is 14.0. The van der Waals surface area contributed by atoms with E-state index in [0.29, 0.717) is 23.4 Å². The lowest BCUT2D eigenvalue weighted by Crippen LogP contribution is -2.42. The summed E-state index contributed by atoms with van der Waals surface area (Å²) >= 11 is 1.25. The quantitative estimate of drug-likeness (QED) is 0.915. The lowest BCUT2D eigenvalue weighted by atomic mass is 10.00. The molecule has 1 saturated heterocycles. The molecule has 2 heterocycles. The number of hydrogen-bond donors (Lipinski definition) is 1. The molecule has 1 aromatic heterocycles. The number of carbonyl (C=O) groups is 1. The average molecular weight is 356 g/mol. The van der Waals surface area contributed by atoms with Crippen LogP contribution in [-0.4, -0.2) is 38.1 Å². The molecule has 0 spiro atoms. The Labute approximate surface area is 137 Å². The van der Waals surface area contributed by atoms with Gasteiger partial charge in [-0.1, -0.05) is 6.07 Å². The molecule has 23 heavy (non-hydrogen) atoms. The number of likely N-dealkylation sites (tertiary alicyclic amines) is 1. The minimum atomic E-state index is -3.55. The van der Waals surface area contributed by atoms with Crippen molar-refractivity contribution in [3.05, 3.63) is 35.0 Å². The fourth-order valence-electron chi connectivity index (χ4n) is 3.00. The molecule has 0 bridgehead atoms. The largest absolute Gasteiger partial charge is 0.338 e. The van der Waals surface area contributed by atoms with E-state index in [1.54, 1.807) is 23.1 Å². The summed E-state index contributed by atoms with van der Waals surface area (Å²) in [5.74, 6) is -0.778. The number of halogens is 1. The van der Waals surface area contributed by atoms with E-state index in [1.165, 1.54) is 17.4 Å². The van der Waals surface area contributed by atoms with Crippen LogP contribution in [0.25, 0.3) is 10.1 Å². The second-order valence-corrected chi connectivity index (χ2v) is 8.59. The summed E-state index contributed by atoms with van der Waals surface area (Å²) < 4.78 is 37.0. The third-order valence-corrected chi connectivity index (χ3v) is 6.02. The molecule has 0 radical (unpaired) electrons. The molecular formula is C15H17FN2O3S2. The number of nitrogens with zero attached hydrogens (tertiary/aromatic N) is 1. The average Bonchev–Trinajstić information content (AvgIpc) is 2.90. The Morgan fingerprint density at radius 1 is 1.43 bits per heavy atom. The van der Waals surface area contributed by atoms with E-state index >= 15 is 0 Å². The number of carbonyl (C=O) groups excluding carboxylic acids is 1. The summed E-state index contributed by atoms with van der Waals surface area (Å²) in [7, 11) is -3.55. The van der Waals surface area contributed by atoms with Crippen LogP contribution in [0.5, 0.6) is 0 Å². The Kier molecular flexibility index (Phi) is 4.39. The molecule has 0 aliphatic carbocycles. The van der Waals surface area contributed by atoms with E-state index < -0.39 is 10.0 Å². The Bertz CT molecular complexity index is 848. The number of primary sulfonamides is 1. The molecule has 1 fully saturated rings. The zero-order valence-electron chi connectivity index (χ0n) is 12.4. The second kappa shape index (κ2) is 6.18. The van der Waals surface area contributed by atoms with Crippen LogP contribution < -0.4 is 5.14 Å². The molecule has 2 N–H and O–H groups in total. The molecule has 0 saturated carbocycles. The van der Waals surface area contributed by atoms with Crippen LogP contribution in [0.2, 0.25) is 0 Å². The van der Waals surface area contributed by atoms with Crippen molar-refractivity contribution in [2.24, 2.45) is 11.1 Å². The van der Waals surface area contributed by atoms with Gasteiger partial charge in [-0.15, -0.1) is 11.3 Å². The topological polar surface area (TPSA) is 80.5 Å². The van der Waals surface area contributed by atoms with Crippen LogP contribution in [0.15, 0.2) is 24.3 Å². The van der Waals surface area contributed by atoms with Gasteiger partial charge in [-0.3, -0.25) is 4.79 Å². The van der Waals surface area contributed by atoms with Crippen LogP contribution in [0.3, 0.4) is 0 Å². The van der Waals surface area contributed by atoms with Gasteiger partial charge in [0.25, 0.3) is 5.91 Å². The summed E-state index contributed by atoms with van der Waals surface area (Å²) in [6.45, 7) is 0.947. The van der Waals surface area contributed by atoms with Crippen molar-refractivity contribution >= 4 is 37.4 Å². The highest BCUT2D eigenvalue weighted by Gasteiger charge is 2.27. The van der Waals surface area contributed by atoms with Crippen LogP contribution in [0, 0.1) is 11.7 Å². The van der Waals surface area contributed by atoms with E-state index in [-0.39, 0.29) is 23.4 Å². The number of benzene rings is 1. The number of nitrogens with two attached hydrogens (primary N) is 1. The van der Waals surface area contributed by atoms with Crippen molar-refractivity contribution in [1.29, 1.82) is 0 Å². The molecular weight excluding hydrogens is 339 g/mol. The molecule has 8 heteroatoms. The number of rotatable bonds is 3. The van der Waals surface area contributed by atoms with Crippen molar-refractivity contribution in [2.45, 2.75) is 12.8 Å². The summed E-state index contributed by atoms with van der Waals surface area (Å²) in [4.78, 5) is 14.7. The van der Waals surface area contributed by atoms with Gasteiger partial charge < -0.3 is 4.90 Å². The summed E-state index contributed by atoms with van der Waals surface area (Å²) in [6, 6.07) is 6.33. The lowest BCUT2D eigenvalue weighted by Gasteiger charge is -2.32. The van der Waals surface area contributed by atoms with E-state index in [1.807, 2.05) is 0 Å². The predicted octanol–water partition coefficient (Wildman–Crippen LogP) is 2.18. The number of thiophene rings is 1. The molecule has 3 rings (SSSR count). The van der Waals surface area contributed by atoms with Gasteiger partial charge in [-0.2, -0.15) is 0 Å². The number of hydrogen-bond acceptors (Lipinski definition) is 4. The lowest BCUT2D eigenvalue weighted by molar-refractivity contribution is 0.0689. The van der Waals surface area contributed by atoms with Gasteiger partial charge in [0.1, 0.15) is 5.82 Å². The van der Waals surface area contributed by atoms with Crippen LogP contribution in [0.4, 0.5) is 4.39 Å². The van der Waals surface area contributed by atoms with Crippen molar-refractivity contribution in [1.82, 2.24) is 4.90 Å². The van der Waals surface area contributed by atoms with Crippen LogP contribution in [0.1, 0.15) is 22.5 Å². The summed E-state index contributed by atoms with van der Waals surface area (Å²) in [5.41, 5.74) is 0. The molecule has 1 unspecified atom stereocenters. The first-order valence-electron chi connectivity index (χ1n) is 7.31. The van der Waals surface area contributed by atoms with Gasteiger partial charge in [-0.25, -0.2) is 17.9 Å². The van der Waals surface area contributed by atoms with E-state index in [9.17, 15) is 17.6 Å². The number of piperidine rings is 1. The molecule has 1 aliphatic rings. The Morgan fingerprint density at radius 3 is 2.91 bits per heavy atom. The summed E-state index contributed by atoms with van der Waals surface area (Å²) in [5, 5.41) is 5.54. The van der Waals surface area contributed by atoms with E-state index in [2.05, 4.69) is 0 Å². The van der Waals surface area contributed by atoms with Gasteiger partial charge >= 0.3 is 0 Å². The minimum Gasteiger partial charge on any atom is -0.338 e. The molecule has 1 amide bonds. The molecule has 1 atom stereocenters. The SMILES string of the molecule is NS(=O)(=O)CC1CCCN(C(=O)c2cc3c(F)cccc3s2)C1. The van der Waals surface area contributed by atoms with Gasteiger partial charge in [-0.05, 0) is 37.0 Å². The Hall–Kier alpha value is -1.51. The number of fused-ring (bicyclic) bond motifs is 1. The minimum absolute atomic E-state index is 0.113. The number of amides is 1. The van der Waals surface area contributed by atoms with E-state index in [0.717, 1.165) is 17.5 Å². The molecule has 1 aromatic carbocycles. The standard InChI is InChI=1S/C15H17FN2O3S2/c16-12-4-1-5-13-11(12)7-14(22-13)15(19)18-6-2-3-10(8-18)9-23(17,20)21/h1,4-5,7,10H,2-3,6,8-9H2,(H2,17,20,21). The molecule has 2 aromatic rings. The van der Waals surface area contributed by atoms with Gasteiger partial charge in [0.05, 0.1) is 10.6 Å². The Balaban J connectivity index is 1.80. The van der Waals surface area contributed by atoms with Crippen molar-refractivity contribution in [2.75, 3.05) is 18.8 Å². The third-order valence-electron chi connectivity index (χ3n) is 3.99. The first-order valence-corrected chi connectivity index (χ1v) is 9.84. The predicted molar refractivity (Wildman–Crippen MR) is 88.4 cm³/mol.